The van der Waals surface area contributed by atoms with Gasteiger partial charge in [0.25, 0.3) is 0 Å². The molecule has 3 aromatic rings. The summed E-state index contributed by atoms with van der Waals surface area (Å²) < 4.78 is 39.4. The fourth-order valence-corrected chi connectivity index (χ4v) is 3.94. The van der Waals surface area contributed by atoms with Crippen molar-refractivity contribution in [3.8, 4) is 17.9 Å². The van der Waals surface area contributed by atoms with Crippen LogP contribution in [0.15, 0.2) is 36.5 Å². The van der Waals surface area contributed by atoms with Crippen molar-refractivity contribution in [3.05, 3.63) is 53.6 Å². The molecule has 220 valence electrons. The Kier molecular flexibility index (Phi) is 8.48. The summed E-state index contributed by atoms with van der Waals surface area (Å²) >= 11 is 0. The summed E-state index contributed by atoms with van der Waals surface area (Å²) in [5.74, 6) is 0.272. The van der Waals surface area contributed by atoms with Crippen molar-refractivity contribution in [3.63, 3.8) is 0 Å². The fourth-order valence-electron chi connectivity index (χ4n) is 3.94. The second kappa shape index (κ2) is 11.2. The van der Waals surface area contributed by atoms with Crippen LogP contribution in [0.25, 0.3) is 10.9 Å². The predicted molar refractivity (Wildman–Crippen MR) is 148 cm³/mol. The zero-order chi connectivity index (χ0) is 30.9. The van der Waals surface area contributed by atoms with E-state index in [2.05, 4.69) is 5.92 Å². The molecule has 0 aliphatic rings. The molecule has 0 saturated heterocycles. The number of ether oxygens (including phenoxy) is 4. The minimum absolute atomic E-state index is 0.0936. The van der Waals surface area contributed by atoms with E-state index in [0.717, 1.165) is 15.2 Å². The Morgan fingerprint density at radius 3 is 2.02 bits per heavy atom. The first-order valence-corrected chi connectivity index (χ1v) is 12.8. The Morgan fingerprint density at radius 1 is 0.878 bits per heavy atom. The number of hydrogen-bond donors (Lipinski definition) is 1. The van der Waals surface area contributed by atoms with Crippen molar-refractivity contribution in [1.82, 2.24) is 9.13 Å². The van der Waals surface area contributed by atoms with E-state index in [9.17, 15) is 19.5 Å². The van der Waals surface area contributed by atoms with Crippen molar-refractivity contribution in [2.75, 3.05) is 0 Å². The predicted octanol–water partition coefficient (Wildman–Crippen LogP) is 6.93. The summed E-state index contributed by atoms with van der Waals surface area (Å²) in [6, 6.07) is 6.76. The summed E-state index contributed by atoms with van der Waals surface area (Å²) in [5, 5.41) is 9.71. The number of aliphatic hydroxyl groups excluding tert-OH is 1. The van der Waals surface area contributed by atoms with Crippen LogP contribution in [0.1, 0.15) is 79.5 Å². The molecule has 1 N–H and O–H groups in total. The first kappa shape index (κ1) is 31.1. The van der Waals surface area contributed by atoms with Gasteiger partial charge in [0.2, 0.25) is 5.88 Å². The normalized spacial score (nSPS) is 12.7. The third-order valence-electron chi connectivity index (χ3n) is 5.26. The van der Waals surface area contributed by atoms with Crippen molar-refractivity contribution >= 4 is 29.2 Å². The number of aliphatic hydroxyl groups is 1. The molecule has 0 saturated carbocycles. The van der Waals surface area contributed by atoms with E-state index in [0.29, 0.717) is 0 Å². The second-order valence-electron chi connectivity index (χ2n) is 12.2. The van der Waals surface area contributed by atoms with Crippen LogP contribution in [0.2, 0.25) is 0 Å². The molecular formula is C30H35FN2O8. The number of nitrogens with zero attached hydrogens (tertiary/aromatic N) is 2. The minimum Gasteiger partial charge on any atom is -0.462 e. The zero-order valence-corrected chi connectivity index (χ0v) is 24.6. The molecule has 1 unspecified atom stereocenters. The molecule has 0 amide bonds. The first-order chi connectivity index (χ1) is 18.8. The Hall–Kier alpha value is -4.46. The van der Waals surface area contributed by atoms with Gasteiger partial charge in [0.1, 0.15) is 28.7 Å². The van der Waals surface area contributed by atoms with Crippen LogP contribution in [0.3, 0.4) is 0 Å². The minimum atomic E-state index is -1.21. The molecule has 3 rings (SSSR count). The second-order valence-corrected chi connectivity index (χ2v) is 12.2. The fraction of sp³-hybridized carbons (Fsp3) is 0.433. The standard InChI is InChI=1S/C30H35FN2O8/c1-28(2,3)39-25(35)32-15-10-11-21(32)18(14-16-34)24-19-17-23(38-27(37)41-30(7,8)9)33(22(19)13-12-20(24)31)26(36)40-29(4,5)6/h10-13,15,17-18,34H,1-9H3. The highest BCUT2D eigenvalue weighted by molar-refractivity contribution is 5.95. The maximum absolute atomic E-state index is 15.7. The molecule has 0 radical (unpaired) electrons. The molecule has 0 bridgehead atoms. The highest BCUT2D eigenvalue weighted by Crippen LogP contribution is 2.37. The monoisotopic (exact) mass is 570 g/mol. The van der Waals surface area contributed by atoms with E-state index in [-0.39, 0.29) is 28.0 Å². The number of rotatable bonds is 3. The smallest absolute Gasteiger partial charge is 0.462 e. The van der Waals surface area contributed by atoms with Gasteiger partial charge in [-0.25, -0.2) is 23.3 Å². The third kappa shape index (κ3) is 7.60. The van der Waals surface area contributed by atoms with Gasteiger partial charge in [-0.1, -0.05) is 0 Å². The van der Waals surface area contributed by atoms with Gasteiger partial charge in [-0.15, -0.1) is 0 Å². The lowest BCUT2D eigenvalue weighted by atomic mass is 9.92. The molecule has 0 aliphatic heterocycles. The van der Waals surface area contributed by atoms with Gasteiger partial charge in [-0.3, -0.25) is 4.57 Å². The molecule has 1 aromatic carbocycles. The van der Waals surface area contributed by atoms with E-state index < -0.39 is 46.9 Å². The van der Waals surface area contributed by atoms with E-state index in [1.165, 1.54) is 24.4 Å². The van der Waals surface area contributed by atoms with Gasteiger partial charge in [-0.05, 0) is 92.5 Å². The number of halogens is 1. The SMILES string of the molecule is CC(C)(C)OC(=O)Oc1cc2c(C(C#CO)c3cccn3C(=O)OC(C)(C)C)c(F)ccc2n1C(=O)OC(C)(C)C. The van der Waals surface area contributed by atoms with Crippen molar-refractivity contribution in [1.29, 1.82) is 0 Å². The number of fused-ring (bicyclic) bond motifs is 1. The molecule has 0 aliphatic carbocycles. The highest BCUT2D eigenvalue weighted by Gasteiger charge is 2.31. The summed E-state index contributed by atoms with van der Waals surface area (Å²) in [4.78, 5) is 38.8. The molecule has 2 aromatic heterocycles. The number of hydrogen-bond acceptors (Lipinski definition) is 8. The Balaban J connectivity index is 2.27. The Bertz CT molecular complexity index is 1530. The van der Waals surface area contributed by atoms with Gasteiger partial charge in [0.05, 0.1) is 11.4 Å². The molecule has 41 heavy (non-hydrogen) atoms. The zero-order valence-electron chi connectivity index (χ0n) is 24.6. The maximum Gasteiger partial charge on any atom is 0.515 e. The van der Waals surface area contributed by atoms with Crippen LogP contribution in [0.4, 0.5) is 18.8 Å². The van der Waals surface area contributed by atoms with Crippen LogP contribution in [0, 0.1) is 17.8 Å². The molecule has 10 nitrogen and oxygen atoms in total. The van der Waals surface area contributed by atoms with Crippen molar-refractivity contribution in [2.45, 2.75) is 85.0 Å². The van der Waals surface area contributed by atoms with Crippen LogP contribution in [0.5, 0.6) is 5.88 Å². The molecule has 1 atom stereocenters. The van der Waals surface area contributed by atoms with E-state index in [4.69, 9.17) is 18.9 Å². The van der Waals surface area contributed by atoms with Crippen LogP contribution in [-0.2, 0) is 14.2 Å². The van der Waals surface area contributed by atoms with Gasteiger partial charge < -0.3 is 24.1 Å². The maximum atomic E-state index is 15.7. The number of carbonyl (C=O) groups is 3. The Morgan fingerprint density at radius 2 is 1.46 bits per heavy atom. The van der Waals surface area contributed by atoms with Gasteiger partial charge in [0, 0.05) is 28.9 Å². The highest BCUT2D eigenvalue weighted by atomic mass is 19.1. The first-order valence-electron chi connectivity index (χ1n) is 12.8. The van der Waals surface area contributed by atoms with Gasteiger partial charge in [-0.2, -0.15) is 0 Å². The van der Waals surface area contributed by atoms with E-state index >= 15 is 4.39 Å². The quantitative estimate of drug-likeness (QED) is 0.205. The average Bonchev–Trinajstić information content (AvgIpc) is 3.39. The topological polar surface area (TPSA) is 118 Å². The van der Waals surface area contributed by atoms with Crippen LogP contribution >= 0.6 is 0 Å². The molecule has 2 heterocycles. The molecular weight excluding hydrogens is 535 g/mol. The number of carbonyl (C=O) groups excluding carboxylic acids is 3. The van der Waals surface area contributed by atoms with Crippen LogP contribution < -0.4 is 4.74 Å². The lowest BCUT2D eigenvalue weighted by Crippen LogP contribution is -2.29. The summed E-state index contributed by atoms with van der Waals surface area (Å²) in [6.07, 6.45) is 0.497. The summed E-state index contributed by atoms with van der Waals surface area (Å²) in [6.45, 7) is 15.0. The lowest BCUT2D eigenvalue weighted by Gasteiger charge is -2.22. The van der Waals surface area contributed by atoms with Gasteiger partial charge in [0.15, 0.2) is 0 Å². The van der Waals surface area contributed by atoms with Crippen LogP contribution in [-0.4, -0.2) is 49.4 Å². The number of benzene rings is 1. The Labute approximate surface area is 237 Å². The van der Waals surface area contributed by atoms with E-state index in [1.54, 1.807) is 68.4 Å². The largest absolute Gasteiger partial charge is 0.515 e. The average molecular weight is 571 g/mol. The molecule has 11 heteroatoms. The molecule has 0 spiro atoms. The van der Waals surface area contributed by atoms with Crippen molar-refractivity contribution in [2.24, 2.45) is 0 Å². The number of aromatic nitrogens is 2. The lowest BCUT2D eigenvalue weighted by molar-refractivity contribution is 0.0183. The van der Waals surface area contributed by atoms with Crippen molar-refractivity contribution < 1.29 is 42.8 Å². The van der Waals surface area contributed by atoms with E-state index in [1.807, 2.05) is 6.11 Å². The van der Waals surface area contributed by atoms with Gasteiger partial charge >= 0.3 is 18.3 Å². The summed E-state index contributed by atoms with van der Waals surface area (Å²) in [7, 11) is 0. The third-order valence-corrected chi connectivity index (χ3v) is 5.26. The molecule has 0 fully saturated rings. The summed E-state index contributed by atoms with van der Waals surface area (Å²) in [5.41, 5.74) is -2.42.